The highest BCUT2D eigenvalue weighted by Crippen LogP contribution is 2.13. The third-order valence-corrected chi connectivity index (χ3v) is 2.00. The van der Waals surface area contributed by atoms with E-state index in [1.807, 2.05) is 39.0 Å². The molecule has 0 heterocycles. The number of nitriles is 1. The van der Waals surface area contributed by atoms with E-state index in [0.29, 0.717) is 18.7 Å². The van der Waals surface area contributed by atoms with Crippen molar-refractivity contribution in [1.29, 1.82) is 5.26 Å². The van der Waals surface area contributed by atoms with Gasteiger partial charge in [0, 0.05) is 6.54 Å². The van der Waals surface area contributed by atoms with E-state index in [1.54, 1.807) is 6.07 Å². The van der Waals surface area contributed by atoms with E-state index in [4.69, 9.17) is 10.00 Å². The van der Waals surface area contributed by atoms with Gasteiger partial charge in [-0.05, 0) is 32.9 Å². The van der Waals surface area contributed by atoms with Crippen molar-refractivity contribution in [3.63, 3.8) is 0 Å². The standard InChI is InChI=1S/C13H18N2O/c1-13(2,3)16-9-8-15-12-7-5-4-6-11(12)10-14/h4-7,15H,8-9H2,1-3H3. The van der Waals surface area contributed by atoms with Gasteiger partial charge in [0.1, 0.15) is 6.07 Å². The van der Waals surface area contributed by atoms with Crippen LogP contribution in [0.3, 0.4) is 0 Å². The van der Waals surface area contributed by atoms with Gasteiger partial charge in [-0.15, -0.1) is 0 Å². The fourth-order valence-corrected chi connectivity index (χ4v) is 1.28. The quantitative estimate of drug-likeness (QED) is 0.790. The average molecular weight is 218 g/mol. The Bertz CT molecular complexity index is 374. The van der Waals surface area contributed by atoms with E-state index < -0.39 is 0 Å². The smallest absolute Gasteiger partial charge is 0.101 e. The van der Waals surface area contributed by atoms with Crippen molar-refractivity contribution in [1.82, 2.24) is 0 Å². The molecule has 0 saturated heterocycles. The lowest BCUT2D eigenvalue weighted by atomic mass is 10.2. The van der Waals surface area contributed by atoms with Gasteiger partial charge >= 0.3 is 0 Å². The summed E-state index contributed by atoms with van der Waals surface area (Å²) in [6, 6.07) is 9.61. The number of nitrogens with one attached hydrogen (secondary N) is 1. The van der Waals surface area contributed by atoms with E-state index in [1.165, 1.54) is 0 Å². The van der Waals surface area contributed by atoms with Gasteiger partial charge < -0.3 is 10.1 Å². The first-order valence-corrected chi connectivity index (χ1v) is 5.40. The summed E-state index contributed by atoms with van der Waals surface area (Å²) in [6.45, 7) is 7.40. The van der Waals surface area contributed by atoms with Crippen LogP contribution in [0.5, 0.6) is 0 Å². The Morgan fingerprint density at radius 1 is 1.31 bits per heavy atom. The van der Waals surface area contributed by atoms with Crippen LogP contribution < -0.4 is 5.32 Å². The van der Waals surface area contributed by atoms with Crippen LogP contribution in [-0.4, -0.2) is 18.8 Å². The summed E-state index contributed by atoms with van der Waals surface area (Å²) in [5.74, 6) is 0. The van der Waals surface area contributed by atoms with E-state index in [2.05, 4.69) is 11.4 Å². The molecule has 0 amide bonds. The second-order valence-electron chi connectivity index (χ2n) is 4.54. The van der Waals surface area contributed by atoms with Crippen LogP contribution in [0.25, 0.3) is 0 Å². The minimum atomic E-state index is -0.115. The molecule has 1 aromatic carbocycles. The Kier molecular flexibility index (Phi) is 4.33. The van der Waals surface area contributed by atoms with Crippen LogP contribution in [0, 0.1) is 11.3 Å². The number of ether oxygens (including phenoxy) is 1. The predicted octanol–water partition coefficient (Wildman–Crippen LogP) is 2.79. The fourth-order valence-electron chi connectivity index (χ4n) is 1.28. The van der Waals surface area contributed by atoms with Crippen LogP contribution in [0.4, 0.5) is 5.69 Å². The molecule has 1 rings (SSSR count). The van der Waals surface area contributed by atoms with Crippen LogP contribution in [0.1, 0.15) is 26.3 Å². The molecule has 3 heteroatoms. The maximum absolute atomic E-state index is 8.88. The molecule has 0 saturated carbocycles. The number of anilines is 1. The summed E-state index contributed by atoms with van der Waals surface area (Å²) in [5.41, 5.74) is 1.41. The molecule has 0 bridgehead atoms. The van der Waals surface area contributed by atoms with Gasteiger partial charge in [-0.25, -0.2) is 0 Å². The van der Waals surface area contributed by atoms with Gasteiger partial charge in [0.15, 0.2) is 0 Å². The molecule has 1 N–H and O–H groups in total. The number of hydrogen-bond acceptors (Lipinski definition) is 3. The molecular formula is C13H18N2O. The minimum absolute atomic E-state index is 0.115. The van der Waals surface area contributed by atoms with E-state index in [9.17, 15) is 0 Å². The van der Waals surface area contributed by atoms with Crippen molar-refractivity contribution in [2.75, 3.05) is 18.5 Å². The minimum Gasteiger partial charge on any atom is -0.382 e. The Morgan fingerprint density at radius 2 is 2.00 bits per heavy atom. The summed E-state index contributed by atoms with van der Waals surface area (Å²) in [6.07, 6.45) is 0. The van der Waals surface area contributed by atoms with Gasteiger partial charge in [-0.1, -0.05) is 12.1 Å². The van der Waals surface area contributed by atoms with Crippen molar-refractivity contribution in [3.8, 4) is 6.07 Å². The normalized spacial score (nSPS) is 10.9. The second kappa shape index (κ2) is 5.53. The van der Waals surface area contributed by atoms with Crippen LogP contribution >= 0.6 is 0 Å². The first kappa shape index (κ1) is 12.5. The summed E-state index contributed by atoms with van der Waals surface area (Å²) in [5, 5.41) is 12.1. The van der Waals surface area contributed by atoms with Crippen LogP contribution in [-0.2, 0) is 4.74 Å². The Labute approximate surface area is 97.0 Å². The maximum Gasteiger partial charge on any atom is 0.101 e. The molecule has 1 aromatic rings. The summed E-state index contributed by atoms with van der Waals surface area (Å²) >= 11 is 0. The molecule has 86 valence electrons. The molecule has 0 aromatic heterocycles. The molecule has 3 nitrogen and oxygen atoms in total. The number of rotatable bonds is 4. The summed E-state index contributed by atoms with van der Waals surface area (Å²) in [7, 11) is 0. The first-order valence-electron chi connectivity index (χ1n) is 5.40. The molecular weight excluding hydrogens is 200 g/mol. The number of nitrogens with zero attached hydrogens (tertiary/aromatic N) is 1. The first-order chi connectivity index (χ1) is 7.53. The topological polar surface area (TPSA) is 45.0 Å². The van der Waals surface area contributed by atoms with Gasteiger partial charge in [-0.2, -0.15) is 5.26 Å². The lowest BCUT2D eigenvalue weighted by Gasteiger charge is -2.19. The van der Waals surface area contributed by atoms with Crippen LogP contribution in [0.2, 0.25) is 0 Å². The predicted molar refractivity (Wildman–Crippen MR) is 65.4 cm³/mol. The third kappa shape index (κ3) is 4.33. The van der Waals surface area contributed by atoms with Gasteiger partial charge in [-0.3, -0.25) is 0 Å². The van der Waals surface area contributed by atoms with E-state index in [-0.39, 0.29) is 5.60 Å². The van der Waals surface area contributed by atoms with Crippen molar-refractivity contribution in [3.05, 3.63) is 29.8 Å². The zero-order valence-electron chi connectivity index (χ0n) is 10.1. The van der Waals surface area contributed by atoms with Gasteiger partial charge in [0.25, 0.3) is 0 Å². The molecule has 0 radical (unpaired) electrons. The Morgan fingerprint density at radius 3 is 2.62 bits per heavy atom. The Balaban J connectivity index is 2.41. The highest BCUT2D eigenvalue weighted by molar-refractivity contribution is 5.56. The van der Waals surface area contributed by atoms with Crippen molar-refractivity contribution in [2.24, 2.45) is 0 Å². The average Bonchev–Trinajstić information content (AvgIpc) is 2.23. The molecule has 0 aliphatic heterocycles. The highest BCUT2D eigenvalue weighted by atomic mass is 16.5. The van der Waals surface area contributed by atoms with E-state index in [0.717, 1.165) is 5.69 Å². The third-order valence-electron chi connectivity index (χ3n) is 2.00. The number of para-hydroxylation sites is 1. The highest BCUT2D eigenvalue weighted by Gasteiger charge is 2.09. The largest absolute Gasteiger partial charge is 0.382 e. The molecule has 0 atom stereocenters. The van der Waals surface area contributed by atoms with Crippen molar-refractivity contribution < 1.29 is 4.74 Å². The van der Waals surface area contributed by atoms with Crippen molar-refractivity contribution in [2.45, 2.75) is 26.4 Å². The van der Waals surface area contributed by atoms with Crippen molar-refractivity contribution >= 4 is 5.69 Å². The SMILES string of the molecule is CC(C)(C)OCCNc1ccccc1C#N. The fraction of sp³-hybridized carbons (Fsp3) is 0.462. The maximum atomic E-state index is 8.88. The zero-order valence-corrected chi connectivity index (χ0v) is 10.1. The molecule has 0 spiro atoms. The summed E-state index contributed by atoms with van der Waals surface area (Å²) in [4.78, 5) is 0. The molecule has 0 unspecified atom stereocenters. The van der Waals surface area contributed by atoms with Gasteiger partial charge in [0.05, 0.1) is 23.5 Å². The monoisotopic (exact) mass is 218 g/mol. The number of benzene rings is 1. The summed E-state index contributed by atoms with van der Waals surface area (Å²) < 4.78 is 5.58. The van der Waals surface area contributed by atoms with E-state index >= 15 is 0 Å². The molecule has 0 fully saturated rings. The number of hydrogen-bond donors (Lipinski definition) is 1. The molecule has 16 heavy (non-hydrogen) atoms. The lowest BCUT2D eigenvalue weighted by molar-refractivity contribution is 0.00333. The molecule has 0 aliphatic rings. The lowest BCUT2D eigenvalue weighted by Crippen LogP contribution is -2.23. The van der Waals surface area contributed by atoms with Crippen LogP contribution in [0.15, 0.2) is 24.3 Å². The zero-order chi connectivity index (χ0) is 12.0. The van der Waals surface area contributed by atoms with Gasteiger partial charge in [0.2, 0.25) is 0 Å². The molecule has 0 aliphatic carbocycles. The Hall–Kier alpha value is -1.53. The second-order valence-corrected chi connectivity index (χ2v) is 4.54.